The van der Waals surface area contributed by atoms with E-state index in [1.54, 1.807) is 26.4 Å². The van der Waals surface area contributed by atoms with Gasteiger partial charge in [-0.2, -0.15) is 0 Å². The highest BCUT2D eigenvalue weighted by Gasteiger charge is 2.23. The highest BCUT2D eigenvalue weighted by atomic mass is 32.2. The molecule has 1 heterocycles. The Bertz CT molecular complexity index is 913. The van der Waals surface area contributed by atoms with Crippen molar-refractivity contribution in [2.24, 2.45) is 7.05 Å². The summed E-state index contributed by atoms with van der Waals surface area (Å²) < 4.78 is 32.1. The second-order valence-electron chi connectivity index (χ2n) is 6.55. The van der Waals surface area contributed by atoms with Crippen molar-refractivity contribution in [3.05, 3.63) is 48.0 Å². The number of hydrogen-bond acceptors (Lipinski definition) is 5. The molecule has 0 fully saturated rings. The Morgan fingerprint density at radius 3 is 2.69 bits per heavy atom. The summed E-state index contributed by atoms with van der Waals surface area (Å²) in [7, 11) is 1.76. The van der Waals surface area contributed by atoms with Crippen molar-refractivity contribution in [1.29, 1.82) is 0 Å². The highest BCUT2D eigenvalue weighted by molar-refractivity contribution is 7.89. The van der Waals surface area contributed by atoms with Crippen LogP contribution in [0.3, 0.4) is 0 Å². The molecule has 2 rings (SSSR count). The standard InChI is InChI=1S/C19H29N5O4S/c1-5-29(26,27)24(3)13-8-11-21-19(25)22-17(18-20-12-14-23(18)2)15-9-6-7-10-16(15)28-4/h6-7,9-10,12,14,17H,5,8,11,13H2,1-4H3,(H2,21,22,25)/t17-/m0/s1. The van der Waals surface area contributed by atoms with Crippen LogP contribution in [0.4, 0.5) is 4.79 Å². The Kier molecular flexibility index (Phi) is 8.03. The molecule has 1 atom stereocenters. The van der Waals surface area contributed by atoms with Crippen molar-refractivity contribution < 1.29 is 17.9 Å². The van der Waals surface area contributed by atoms with E-state index in [1.165, 1.54) is 11.4 Å². The molecule has 0 aliphatic heterocycles. The maximum absolute atomic E-state index is 12.5. The Morgan fingerprint density at radius 1 is 1.34 bits per heavy atom. The number of nitrogens with one attached hydrogen (secondary N) is 2. The summed E-state index contributed by atoms with van der Waals surface area (Å²) in [6.45, 7) is 2.29. The maximum Gasteiger partial charge on any atom is 0.315 e. The number of sulfonamides is 1. The molecular weight excluding hydrogens is 394 g/mol. The Balaban J connectivity index is 2.03. The summed E-state index contributed by atoms with van der Waals surface area (Å²) in [5, 5.41) is 5.71. The van der Waals surface area contributed by atoms with Gasteiger partial charge in [0.05, 0.1) is 12.9 Å². The largest absolute Gasteiger partial charge is 0.496 e. The lowest BCUT2D eigenvalue weighted by Crippen LogP contribution is -2.40. The Labute approximate surface area is 172 Å². The van der Waals surface area contributed by atoms with Gasteiger partial charge in [0.2, 0.25) is 10.0 Å². The van der Waals surface area contributed by atoms with E-state index >= 15 is 0 Å². The third kappa shape index (κ3) is 5.94. The van der Waals surface area contributed by atoms with E-state index in [-0.39, 0.29) is 11.8 Å². The van der Waals surface area contributed by atoms with E-state index in [0.717, 1.165) is 5.56 Å². The van der Waals surface area contributed by atoms with Crippen molar-refractivity contribution in [3.8, 4) is 5.75 Å². The zero-order chi connectivity index (χ0) is 21.4. The van der Waals surface area contributed by atoms with Gasteiger partial charge in [0, 0.05) is 45.1 Å². The molecule has 10 heteroatoms. The predicted molar refractivity (Wildman–Crippen MR) is 111 cm³/mol. The summed E-state index contributed by atoms with van der Waals surface area (Å²) in [5.74, 6) is 1.37. The van der Waals surface area contributed by atoms with Gasteiger partial charge in [-0.1, -0.05) is 18.2 Å². The van der Waals surface area contributed by atoms with Crippen LogP contribution < -0.4 is 15.4 Å². The summed E-state index contributed by atoms with van der Waals surface area (Å²) in [5.41, 5.74) is 0.785. The maximum atomic E-state index is 12.5. The van der Waals surface area contributed by atoms with Gasteiger partial charge >= 0.3 is 6.03 Å². The van der Waals surface area contributed by atoms with Crippen LogP contribution in [0, 0.1) is 0 Å². The first-order valence-electron chi connectivity index (χ1n) is 9.38. The number of nitrogens with zero attached hydrogens (tertiary/aromatic N) is 3. The number of aromatic nitrogens is 2. The molecule has 1 aromatic heterocycles. The minimum Gasteiger partial charge on any atom is -0.496 e. The number of methoxy groups -OCH3 is 1. The topological polar surface area (TPSA) is 106 Å². The molecule has 160 valence electrons. The molecule has 2 amide bonds. The van der Waals surface area contributed by atoms with Gasteiger partial charge in [0.15, 0.2) is 0 Å². The van der Waals surface area contributed by atoms with Gasteiger partial charge in [0.25, 0.3) is 0 Å². The molecule has 0 unspecified atom stereocenters. The number of carbonyl (C=O) groups is 1. The average Bonchev–Trinajstić information content (AvgIpc) is 3.14. The SMILES string of the molecule is CCS(=O)(=O)N(C)CCCNC(=O)N[C@@H](c1ccccc1OC)c1nccn1C. The Morgan fingerprint density at radius 2 is 2.07 bits per heavy atom. The molecule has 2 aromatic rings. The van der Waals surface area contributed by atoms with Crippen LogP contribution in [0.5, 0.6) is 5.75 Å². The van der Waals surface area contributed by atoms with Crippen molar-refractivity contribution in [2.45, 2.75) is 19.4 Å². The van der Waals surface area contributed by atoms with Crippen LogP contribution >= 0.6 is 0 Å². The molecule has 0 spiro atoms. The minimum atomic E-state index is -3.22. The number of benzene rings is 1. The lowest BCUT2D eigenvalue weighted by Gasteiger charge is -2.21. The normalized spacial score (nSPS) is 12.6. The molecule has 29 heavy (non-hydrogen) atoms. The van der Waals surface area contributed by atoms with E-state index in [1.807, 2.05) is 35.9 Å². The number of aryl methyl sites for hydroxylation is 1. The number of para-hydroxylation sites is 1. The molecule has 9 nitrogen and oxygen atoms in total. The van der Waals surface area contributed by atoms with Gasteiger partial charge in [-0.15, -0.1) is 0 Å². The van der Waals surface area contributed by atoms with E-state index in [9.17, 15) is 13.2 Å². The number of urea groups is 1. The van der Waals surface area contributed by atoms with E-state index < -0.39 is 16.1 Å². The first-order valence-corrected chi connectivity index (χ1v) is 11.0. The third-order valence-corrected chi connectivity index (χ3v) is 6.48. The van der Waals surface area contributed by atoms with Crippen molar-refractivity contribution in [3.63, 3.8) is 0 Å². The van der Waals surface area contributed by atoms with Crippen LogP contribution in [0.25, 0.3) is 0 Å². The monoisotopic (exact) mass is 423 g/mol. The third-order valence-electron chi connectivity index (χ3n) is 4.62. The minimum absolute atomic E-state index is 0.0572. The van der Waals surface area contributed by atoms with Crippen LogP contribution in [0.2, 0.25) is 0 Å². The number of ether oxygens (including phenoxy) is 1. The number of carbonyl (C=O) groups excluding carboxylic acids is 1. The predicted octanol–water partition coefficient (Wildman–Crippen LogP) is 1.49. The number of amides is 2. The van der Waals surface area contributed by atoms with Crippen LogP contribution in [0.1, 0.15) is 30.8 Å². The van der Waals surface area contributed by atoms with Crippen molar-refractivity contribution in [1.82, 2.24) is 24.5 Å². The van der Waals surface area contributed by atoms with E-state index in [4.69, 9.17) is 4.74 Å². The first kappa shape index (κ1) is 22.7. The van der Waals surface area contributed by atoms with E-state index in [0.29, 0.717) is 31.1 Å². The van der Waals surface area contributed by atoms with Crippen LogP contribution in [-0.4, -0.2) is 61.3 Å². The molecule has 0 aliphatic carbocycles. The zero-order valence-corrected chi connectivity index (χ0v) is 18.1. The van der Waals surface area contributed by atoms with Crippen LogP contribution in [-0.2, 0) is 17.1 Å². The summed E-state index contributed by atoms with van der Waals surface area (Å²) >= 11 is 0. The quantitative estimate of drug-likeness (QED) is 0.563. The van der Waals surface area contributed by atoms with Crippen LogP contribution in [0.15, 0.2) is 36.7 Å². The molecular formula is C19H29N5O4S. The number of rotatable bonds is 10. The molecule has 2 N–H and O–H groups in total. The fourth-order valence-electron chi connectivity index (χ4n) is 2.89. The van der Waals surface area contributed by atoms with E-state index in [2.05, 4.69) is 15.6 Å². The molecule has 0 aliphatic rings. The second kappa shape index (κ2) is 10.3. The van der Waals surface area contributed by atoms with Gasteiger partial charge in [-0.05, 0) is 19.4 Å². The molecule has 0 radical (unpaired) electrons. The lowest BCUT2D eigenvalue weighted by atomic mass is 10.0. The average molecular weight is 424 g/mol. The Hall–Kier alpha value is -2.59. The summed E-state index contributed by atoms with van der Waals surface area (Å²) in [6, 6.07) is 6.56. The number of imidazole rings is 1. The second-order valence-corrected chi connectivity index (χ2v) is 8.91. The zero-order valence-electron chi connectivity index (χ0n) is 17.3. The van der Waals surface area contributed by atoms with Gasteiger partial charge in [0.1, 0.15) is 17.6 Å². The van der Waals surface area contributed by atoms with Gasteiger partial charge in [-0.25, -0.2) is 22.5 Å². The fourth-order valence-corrected chi connectivity index (χ4v) is 3.73. The molecule has 0 saturated heterocycles. The summed E-state index contributed by atoms with van der Waals surface area (Å²) in [6.07, 6.45) is 3.98. The van der Waals surface area contributed by atoms with Gasteiger partial charge < -0.3 is 19.9 Å². The smallest absolute Gasteiger partial charge is 0.315 e. The highest BCUT2D eigenvalue weighted by Crippen LogP contribution is 2.28. The van der Waals surface area contributed by atoms with Crippen molar-refractivity contribution >= 4 is 16.1 Å². The first-order chi connectivity index (χ1) is 13.8. The molecule has 0 saturated carbocycles. The molecule has 0 bridgehead atoms. The van der Waals surface area contributed by atoms with Crippen molar-refractivity contribution in [2.75, 3.05) is 33.0 Å². The number of hydrogen-bond donors (Lipinski definition) is 2. The summed E-state index contributed by atoms with van der Waals surface area (Å²) in [4.78, 5) is 16.9. The van der Waals surface area contributed by atoms with Gasteiger partial charge in [-0.3, -0.25) is 0 Å². The fraction of sp³-hybridized carbons (Fsp3) is 0.474. The lowest BCUT2D eigenvalue weighted by molar-refractivity contribution is 0.237. The molecule has 1 aromatic carbocycles.